The van der Waals surface area contributed by atoms with E-state index >= 15 is 0 Å². The summed E-state index contributed by atoms with van der Waals surface area (Å²) in [5.41, 5.74) is 6.78. The van der Waals surface area contributed by atoms with Crippen molar-refractivity contribution in [2.45, 2.75) is 30.3 Å². The fourth-order valence-corrected chi connectivity index (χ4v) is 5.27. The molecule has 1 aromatic heterocycles. The minimum atomic E-state index is -0.434. The van der Waals surface area contributed by atoms with E-state index in [0.29, 0.717) is 46.3 Å². The van der Waals surface area contributed by atoms with Crippen molar-refractivity contribution in [2.24, 2.45) is 5.73 Å². The zero-order chi connectivity index (χ0) is 21.7. The van der Waals surface area contributed by atoms with E-state index in [9.17, 15) is 9.59 Å². The van der Waals surface area contributed by atoms with Crippen LogP contribution in [0.3, 0.4) is 0 Å². The highest BCUT2D eigenvalue weighted by atomic mass is 35.5. The molecule has 0 unspecified atom stereocenters. The fraction of sp³-hybridized carbons (Fsp3) is 0.421. The molecule has 2 aromatic rings. The molecule has 1 atom stereocenters. The molecule has 2 heterocycles. The molecule has 1 aliphatic rings. The molecule has 0 spiro atoms. The molecule has 0 radical (unpaired) electrons. The smallest absolute Gasteiger partial charge is 0.229 e. The molecule has 7 nitrogen and oxygen atoms in total. The number of ether oxygens (including phenoxy) is 1. The van der Waals surface area contributed by atoms with Gasteiger partial charge >= 0.3 is 0 Å². The van der Waals surface area contributed by atoms with Crippen LogP contribution in [0.2, 0.25) is 10.0 Å². The number of halogens is 2. The Balaban J connectivity index is 1.59. The monoisotopic (exact) mass is 488 g/mol. The minimum absolute atomic E-state index is 0.0872. The SMILES string of the molecule is CC(=O)N(C[C@@H]1CN(Cc2cccc(Cl)c2Cl)CCO1)Sc1nc(CC(N)=O)cs1. The van der Waals surface area contributed by atoms with Gasteiger partial charge in [0.2, 0.25) is 11.8 Å². The average Bonchev–Trinajstić information content (AvgIpc) is 3.11. The molecule has 1 aliphatic heterocycles. The van der Waals surface area contributed by atoms with E-state index in [4.69, 9.17) is 33.7 Å². The molecule has 162 valence electrons. The molecule has 0 bridgehead atoms. The average molecular weight is 489 g/mol. The topological polar surface area (TPSA) is 88.8 Å². The fourth-order valence-electron chi connectivity index (χ4n) is 3.05. The summed E-state index contributed by atoms with van der Waals surface area (Å²) in [7, 11) is 0. The molecule has 0 aliphatic carbocycles. The van der Waals surface area contributed by atoms with Gasteiger partial charge in [0.05, 0.1) is 41.4 Å². The lowest BCUT2D eigenvalue weighted by Gasteiger charge is -2.35. The van der Waals surface area contributed by atoms with Crippen molar-refractivity contribution in [3.63, 3.8) is 0 Å². The minimum Gasteiger partial charge on any atom is -0.374 e. The number of nitrogens with zero attached hydrogens (tertiary/aromatic N) is 3. The van der Waals surface area contributed by atoms with Crippen LogP contribution >= 0.6 is 46.5 Å². The zero-order valence-corrected chi connectivity index (χ0v) is 19.5. The van der Waals surface area contributed by atoms with Gasteiger partial charge in [-0.2, -0.15) is 0 Å². The Morgan fingerprint density at radius 2 is 2.23 bits per heavy atom. The number of morpholine rings is 1. The molecule has 1 saturated heterocycles. The van der Waals surface area contributed by atoms with E-state index in [2.05, 4.69) is 9.88 Å². The van der Waals surface area contributed by atoms with Crippen LogP contribution in [0.4, 0.5) is 0 Å². The van der Waals surface area contributed by atoms with E-state index in [1.165, 1.54) is 30.2 Å². The van der Waals surface area contributed by atoms with E-state index in [-0.39, 0.29) is 18.4 Å². The summed E-state index contributed by atoms with van der Waals surface area (Å²) in [4.78, 5) is 29.8. The van der Waals surface area contributed by atoms with E-state index in [1.807, 2.05) is 12.1 Å². The van der Waals surface area contributed by atoms with Crippen LogP contribution in [0.25, 0.3) is 0 Å². The van der Waals surface area contributed by atoms with E-state index < -0.39 is 5.91 Å². The molecule has 0 saturated carbocycles. The van der Waals surface area contributed by atoms with Gasteiger partial charge in [0.15, 0.2) is 4.34 Å². The van der Waals surface area contributed by atoms with E-state index in [0.717, 1.165) is 12.1 Å². The number of nitrogens with two attached hydrogens (primary N) is 1. The van der Waals surface area contributed by atoms with Gasteiger partial charge in [0.1, 0.15) is 0 Å². The van der Waals surface area contributed by atoms with Crippen molar-refractivity contribution >= 4 is 58.3 Å². The van der Waals surface area contributed by atoms with Gasteiger partial charge in [0, 0.05) is 43.9 Å². The number of primary amides is 1. The van der Waals surface area contributed by atoms with Crippen LogP contribution < -0.4 is 5.73 Å². The number of amides is 2. The van der Waals surface area contributed by atoms with Gasteiger partial charge in [0.25, 0.3) is 0 Å². The molecule has 3 rings (SSSR count). The third kappa shape index (κ3) is 6.57. The highest BCUT2D eigenvalue weighted by Crippen LogP contribution is 2.29. The lowest BCUT2D eigenvalue weighted by molar-refractivity contribution is -0.126. The van der Waals surface area contributed by atoms with E-state index in [1.54, 1.807) is 15.8 Å². The predicted octanol–water partition coefficient (Wildman–Crippen LogP) is 3.23. The molecule has 30 heavy (non-hydrogen) atoms. The van der Waals surface area contributed by atoms with Gasteiger partial charge in [-0.1, -0.05) is 35.3 Å². The Morgan fingerprint density at radius 1 is 1.43 bits per heavy atom. The number of hydrogen-bond acceptors (Lipinski definition) is 7. The molecule has 1 fully saturated rings. The van der Waals surface area contributed by atoms with Crippen LogP contribution in [0, 0.1) is 0 Å². The van der Waals surface area contributed by atoms with Crippen LogP contribution in [-0.4, -0.2) is 58.3 Å². The molecule has 1 aromatic carbocycles. The Kier molecular flexibility index (Phi) is 8.38. The number of benzene rings is 1. The summed E-state index contributed by atoms with van der Waals surface area (Å²) < 4.78 is 8.20. The molecule has 2 N–H and O–H groups in total. The summed E-state index contributed by atoms with van der Waals surface area (Å²) in [6, 6.07) is 5.61. The quantitative estimate of drug-likeness (QED) is 0.573. The summed E-state index contributed by atoms with van der Waals surface area (Å²) in [5.74, 6) is -0.527. The first-order chi connectivity index (χ1) is 14.3. The Labute approximate surface area is 193 Å². The molecule has 11 heteroatoms. The zero-order valence-electron chi connectivity index (χ0n) is 16.3. The number of aromatic nitrogens is 1. The van der Waals surface area contributed by atoms with Gasteiger partial charge < -0.3 is 10.5 Å². The maximum Gasteiger partial charge on any atom is 0.229 e. The summed E-state index contributed by atoms with van der Waals surface area (Å²) >= 11 is 15.1. The normalized spacial score (nSPS) is 17.1. The maximum absolute atomic E-state index is 12.2. The summed E-state index contributed by atoms with van der Waals surface area (Å²) in [6.07, 6.45) is -0.0534. The number of rotatable bonds is 8. The van der Waals surface area contributed by atoms with Crippen molar-refractivity contribution in [1.29, 1.82) is 0 Å². The third-order valence-electron chi connectivity index (χ3n) is 4.44. The second-order valence-electron chi connectivity index (χ2n) is 6.86. The van der Waals surface area contributed by atoms with Crippen molar-refractivity contribution < 1.29 is 14.3 Å². The first-order valence-electron chi connectivity index (χ1n) is 9.27. The maximum atomic E-state index is 12.2. The third-order valence-corrected chi connectivity index (χ3v) is 7.37. The molecular weight excluding hydrogens is 467 g/mol. The van der Waals surface area contributed by atoms with Crippen LogP contribution in [0.5, 0.6) is 0 Å². The molecule has 2 amide bonds. The Bertz CT molecular complexity index is 912. The predicted molar refractivity (Wildman–Crippen MR) is 120 cm³/mol. The number of thiazole rings is 1. The lowest BCUT2D eigenvalue weighted by atomic mass is 10.2. The number of carbonyl (C=O) groups is 2. The Hall–Kier alpha value is -1.36. The first-order valence-corrected chi connectivity index (χ1v) is 11.7. The highest BCUT2D eigenvalue weighted by Gasteiger charge is 2.26. The Morgan fingerprint density at radius 3 is 2.97 bits per heavy atom. The first kappa shape index (κ1) is 23.3. The van der Waals surface area contributed by atoms with Crippen molar-refractivity contribution in [1.82, 2.24) is 14.2 Å². The van der Waals surface area contributed by atoms with Crippen molar-refractivity contribution in [3.05, 3.63) is 44.9 Å². The summed E-state index contributed by atoms with van der Waals surface area (Å²) in [6.45, 7) is 4.60. The second kappa shape index (κ2) is 10.8. The molecular formula is C19H22Cl2N4O3S2. The van der Waals surface area contributed by atoms with Crippen molar-refractivity contribution in [3.8, 4) is 0 Å². The van der Waals surface area contributed by atoms with Crippen LogP contribution in [0.1, 0.15) is 18.2 Å². The highest BCUT2D eigenvalue weighted by molar-refractivity contribution is 7.99. The van der Waals surface area contributed by atoms with Gasteiger partial charge in [-0.25, -0.2) is 4.98 Å². The van der Waals surface area contributed by atoms with Crippen molar-refractivity contribution in [2.75, 3.05) is 26.2 Å². The largest absolute Gasteiger partial charge is 0.374 e. The standard InChI is InChI=1S/C19H22Cl2N4O3S2/c1-12(26)25(30-19-23-14(11-29-19)7-17(22)27)10-15-9-24(5-6-28-15)8-13-3-2-4-16(20)18(13)21/h2-4,11,15H,5-10H2,1H3,(H2,22,27)/t15-/m0/s1. The number of carbonyl (C=O) groups excluding carboxylic acids is 2. The van der Waals surface area contributed by atoms with Gasteiger partial charge in [-0.05, 0) is 11.6 Å². The lowest BCUT2D eigenvalue weighted by Crippen LogP contribution is -2.46. The second-order valence-corrected chi connectivity index (χ2v) is 9.77. The summed E-state index contributed by atoms with van der Waals surface area (Å²) in [5, 5.41) is 2.88. The van der Waals surface area contributed by atoms with Crippen LogP contribution in [-0.2, 0) is 27.3 Å². The van der Waals surface area contributed by atoms with Gasteiger partial charge in [-0.3, -0.25) is 18.8 Å². The van der Waals surface area contributed by atoms with Crippen LogP contribution in [0.15, 0.2) is 27.9 Å². The number of hydrogen-bond donors (Lipinski definition) is 1. The van der Waals surface area contributed by atoms with Gasteiger partial charge in [-0.15, -0.1) is 11.3 Å².